The van der Waals surface area contributed by atoms with Gasteiger partial charge in [-0.2, -0.15) is 9.71 Å². The van der Waals surface area contributed by atoms with Crippen molar-refractivity contribution >= 4 is 16.0 Å². The second kappa shape index (κ2) is 8.32. The third-order valence-corrected chi connectivity index (χ3v) is 5.41. The summed E-state index contributed by atoms with van der Waals surface area (Å²) in [6, 6.07) is 14.4. The van der Waals surface area contributed by atoms with Gasteiger partial charge in [-0.15, -0.1) is 0 Å². The summed E-state index contributed by atoms with van der Waals surface area (Å²) in [6.07, 6.45) is 0. The summed E-state index contributed by atoms with van der Waals surface area (Å²) >= 11 is 0. The Morgan fingerprint density at radius 3 is 2.50 bits per heavy atom. The Kier molecular flexibility index (Phi) is 5.86. The highest BCUT2D eigenvalue weighted by Crippen LogP contribution is 2.15. The summed E-state index contributed by atoms with van der Waals surface area (Å²) in [5.41, 5.74) is 1.70. The maximum atomic E-state index is 12.3. The average Bonchev–Trinajstić information content (AvgIpc) is 3.16. The van der Waals surface area contributed by atoms with Gasteiger partial charge in [0.1, 0.15) is 6.04 Å². The van der Waals surface area contributed by atoms with Gasteiger partial charge in [-0.1, -0.05) is 53.2 Å². The molecular weight excluding hydrogens is 382 g/mol. The molecule has 0 radical (unpaired) electrons. The number of nitrogens with one attached hydrogen (secondary N) is 1. The van der Waals surface area contributed by atoms with Crippen LogP contribution < -0.4 is 4.72 Å². The van der Waals surface area contributed by atoms with Crippen molar-refractivity contribution in [3.05, 3.63) is 66.1 Å². The van der Waals surface area contributed by atoms with Gasteiger partial charge in [0.15, 0.2) is 6.61 Å². The third-order valence-electron chi connectivity index (χ3n) is 3.85. The molecule has 9 heteroatoms. The molecule has 8 nitrogen and oxygen atoms in total. The van der Waals surface area contributed by atoms with Gasteiger partial charge in [0.05, 0.1) is 4.90 Å². The average molecular weight is 401 g/mol. The number of hydrogen-bond acceptors (Lipinski definition) is 7. The lowest BCUT2D eigenvalue weighted by molar-refractivity contribution is -0.147. The normalized spacial score (nSPS) is 12.5. The highest BCUT2D eigenvalue weighted by Gasteiger charge is 2.23. The Balaban J connectivity index is 1.57. The number of nitrogens with zero attached hydrogens (tertiary/aromatic N) is 2. The van der Waals surface area contributed by atoms with Crippen LogP contribution in [0.15, 0.2) is 64.0 Å². The first kappa shape index (κ1) is 19.7. The van der Waals surface area contributed by atoms with Crippen LogP contribution in [0.4, 0.5) is 0 Å². The third kappa shape index (κ3) is 4.81. The van der Waals surface area contributed by atoms with Crippen molar-refractivity contribution in [2.24, 2.45) is 0 Å². The molecule has 0 fully saturated rings. The summed E-state index contributed by atoms with van der Waals surface area (Å²) < 4.78 is 37.1. The molecule has 3 aromatic rings. The van der Waals surface area contributed by atoms with E-state index in [-0.39, 0.29) is 17.4 Å². The lowest BCUT2D eigenvalue weighted by Gasteiger charge is -2.13. The van der Waals surface area contributed by atoms with E-state index in [1.807, 2.05) is 37.3 Å². The molecule has 0 aliphatic carbocycles. The van der Waals surface area contributed by atoms with Gasteiger partial charge in [0.2, 0.25) is 15.8 Å². The fourth-order valence-electron chi connectivity index (χ4n) is 2.34. The fraction of sp³-hybridized carbons (Fsp3) is 0.211. The Morgan fingerprint density at radius 1 is 1.14 bits per heavy atom. The zero-order chi connectivity index (χ0) is 20.1. The van der Waals surface area contributed by atoms with Crippen molar-refractivity contribution in [1.29, 1.82) is 0 Å². The predicted octanol–water partition coefficient (Wildman–Crippen LogP) is 2.46. The SMILES string of the molecule is Cc1ccc(S(=O)(=O)N[C@@H](C)C(=O)OCc2nc(-c3ccccc3)no2)cc1. The number of ether oxygens (including phenoxy) is 1. The van der Waals surface area contributed by atoms with Crippen LogP contribution in [-0.4, -0.2) is 30.6 Å². The highest BCUT2D eigenvalue weighted by molar-refractivity contribution is 7.89. The minimum atomic E-state index is -3.84. The van der Waals surface area contributed by atoms with Gasteiger partial charge in [-0.25, -0.2) is 8.42 Å². The second-order valence-electron chi connectivity index (χ2n) is 6.14. The van der Waals surface area contributed by atoms with Gasteiger partial charge in [-0.05, 0) is 26.0 Å². The molecule has 1 N–H and O–H groups in total. The lowest BCUT2D eigenvalue weighted by Crippen LogP contribution is -2.39. The summed E-state index contributed by atoms with van der Waals surface area (Å²) in [7, 11) is -3.84. The topological polar surface area (TPSA) is 111 Å². The van der Waals surface area contributed by atoms with Crippen molar-refractivity contribution in [2.45, 2.75) is 31.4 Å². The van der Waals surface area contributed by atoms with Crippen LogP contribution in [-0.2, 0) is 26.2 Å². The first-order valence-electron chi connectivity index (χ1n) is 8.49. The van der Waals surface area contributed by atoms with Crippen LogP contribution in [0.25, 0.3) is 11.4 Å². The summed E-state index contributed by atoms with van der Waals surface area (Å²) in [6.45, 7) is 3.00. The van der Waals surface area contributed by atoms with Gasteiger partial charge in [-0.3, -0.25) is 4.79 Å². The van der Waals surface area contributed by atoms with E-state index in [1.165, 1.54) is 19.1 Å². The molecule has 0 aliphatic rings. The number of benzene rings is 2. The maximum absolute atomic E-state index is 12.3. The van der Waals surface area contributed by atoms with E-state index in [0.717, 1.165) is 11.1 Å². The van der Waals surface area contributed by atoms with E-state index in [2.05, 4.69) is 14.9 Å². The number of carbonyl (C=O) groups is 1. The van der Waals surface area contributed by atoms with Crippen LogP contribution in [0.1, 0.15) is 18.4 Å². The minimum absolute atomic E-state index is 0.0714. The first-order chi connectivity index (χ1) is 13.3. The molecule has 0 unspecified atom stereocenters. The highest BCUT2D eigenvalue weighted by atomic mass is 32.2. The van der Waals surface area contributed by atoms with E-state index in [1.54, 1.807) is 12.1 Å². The smallest absolute Gasteiger partial charge is 0.324 e. The molecule has 0 bridgehead atoms. The molecular formula is C19H19N3O5S. The van der Waals surface area contributed by atoms with Crippen molar-refractivity contribution in [3.63, 3.8) is 0 Å². The van der Waals surface area contributed by atoms with Crippen molar-refractivity contribution in [2.75, 3.05) is 0 Å². The van der Waals surface area contributed by atoms with E-state index < -0.39 is 22.0 Å². The van der Waals surface area contributed by atoms with E-state index in [4.69, 9.17) is 9.26 Å². The van der Waals surface area contributed by atoms with E-state index in [9.17, 15) is 13.2 Å². The molecule has 0 amide bonds. The number of sulfonamides is 1. The van der Waals surface area contributed by atoms with Crippen molar-refractivity contribution < 1.29 is 22.5 Å². The molecule has 1 atom stereocenters. The standard InChI is InChI=1S/C19H19N3O5S/c1-13-8-10-16(11-9-13)28(24,25)22-14(2)19(23)26-12-17-20-18(21-27-17)15-6-4-3-5-7-15/h3-11,14,22H,12H2,1-2H3/t14-/m0/s1. The molecule has 0 saturated carbocycles. The number of carbonyl (C=O) groups excluding carboxylic acids is 1. The summed E-state index contributed by atoms with van der Waals surface area (Å²) in [5, 5.41) is 3.83. The number of esters is 1. The molecule has 0 saturated heterocycles. The molecule has 28 heavy (non-hydrogen) atoms. The van der Waals surface area contributed by atoms with E-state index >= 15 is 0 Å². The minimum Gasteiger partial charge on any atom is -0.454 e. The van der Waals surface area contributed by atoms with Gasteiger partial charge >= 0.3 is 5.97 Å². The molecule has 0 aliphatic heterocycles. The monoisotopic (exact) mass is 401 g/mol. The van der Waals surface area contributed by atoms with Crippen LogP contribution >= 0.6 is 0 Å². The van der Waals surface area contributed by atoms with E-state index in [0.29, 0.717) is 5.82 Å². The molecule has 146 valence electrons. The molecule has 1 heterocycles. The number of hydrogen-bond donors (Lipinski definition) is 1. The Labute approximate surface area is 162 Å². The molecule has 1 aromatic heterocycles. The Hall–Kier alpha value is -3.04. The van der Waals surface area contributed by atoms with Crippen LogP contribution in [0, 0.1) is 6.92 Å². The summed E-state index contributed by atoms with van der Waals surface area (Å²) in [5.74, 6) is -0.268. The quantitative estimate of drug-likeness (QED) is 0.605. The van der Waals surface area contributed by atoms with Crippen molar-refractivity contribution in [1.82, 2.24) is 14.9 Å². The largest absolute Gasteiger partial charge is 0.454 e. The number of aryl methyl sites for hydroxylation is 1. The zero-order valence-corrected chi connectivity index (χ0v) is 16.1. The van der Waals surface area contributed by atoms with Crippen LogP contribution in [0.5, 0.6) is 0 Å². The first-order valence-corrected chi connectivity index (χ1v) is 9.97. The predicted molar refractivity (Wildman–Crippen MR) is 100 cm³/mol. The number of rotatable bonds is 7. The van der Waals surface area contributed by atoms with Gasteiger partial charge in [0.25, 0.3) is 5.89 Å². The second-order valence-corrected chi connectivity index (χ2v) is 7.86. The Bertz CT molecular complexity index is 1050. The van der Waals surface area contributed by atoms with Crippen LogP contribution in [0.2, 0.25) is 0 Å². The molecule has 2 aromatic carbocycles. The molecule has 0 spiro atoms. The van der Waals surface area contributed by atoms with Gasteiger partial charge < -0.3 is 9.26 Å². The summed E-state index contributed by atoms with van der Waals surface area (Å²) in [4.78, 5) is 16.3. The number of aromatic nitrogens is 2. The lowest BCUT2D eigenvalue weighted by atomic mass is 10.2. The maximum Gasteiger partial charge on any atom is 0.324 e. The van der Waals surface area contributed by atoms with Crippen LogP contribution in [0.3, 0.4) is 0 Å². The van der Waals surface area contributed by atoms with Gasteiger partial charge in [0, 0.05) is 5.56 Å². The fourth-order valence-corrected chi connectivity index (χ4v) is 3.53. The zero-order valence-electron chi connectivity index (χ0n) is 15.3. The Morgan fingerprint density at radius 2 is 1.82 bits per heavy atom. The molecule has 3 rings (SSSR count). The van der Waals surface area contributed by atoms with Crippen molar-refractivity contribution in [3.8, 4) is 11.4 Å².